The summed E-state index contributed by atoms with van der Waals surface area (Å²) >= 11 is 0. The van der Waals surface area contributed by atoms with Crippen LogP contribution in [0.5, 0.6) is 0 Å². The summed E-state index contributed by atoms with van der Waals surface area (Å²) in [5, 5.41) is 3.09. The van der Waals surface area contributed by atoms with Gasteiger partial charge in [-0.05, 0) is 27.0 Å². The first-order valence-electron chi connectivity index (χ1n) is 4.18. The summed E-state index contributed by atoms with van der Waals surface area (Å²) in [7, 11) is 1.95. The van der Waals surface area contributed by atoms with Crippen LogP contribution in [0.4, 0.5) is 0 Å². The Morgan fingerprint density at radius 1 is 1.33 bits per heavy atom. The lowest BCUT2D eigenvalue weighted by Crippen LogP contribution is -2.12. The van der Waals surface area contributed by atoms with Crippen molar-refractivity contribution in [3.63, 3.8) is 0 Å². The fourth-order valence-corrected chi connectivity index (χ4v) is 1.17. The van der Waals surface area contributed by atoms with Crippen LogP contribution in [0, 0.1) is 13.8 Å². The third-order valence-electron chi connectivity index (χ3n) is 1.65. The zero-order chi connectivity index (χ0) is 8.97. The highest BCUT2D eigenvalue weighted by Crippen LogP contribution is 1.99. The molecule has 0 amide bonds. The topological polar surface area (TPSA) is 37.8 Å². The molecule has 0 bridgehead atoms. The third-order valence-corrected chi connectivity index (χ3v) is 1.65. The minimum absolute atomic E-state index is 0.862. The van der Waals surface area contributed by atoms with Crippen molar-refractivity contribution in [2.75, 3.05) is 13.6 Å². The van der Waals surface area contributed by atoms with E-state index in [1.807, 2.05) is 27.0 Å². The molecule has 66 valence electrons. The summed E-state index contributed by atoms with van der Waals surface area (Å²) in [6.45, 7) is 4.89. The van der Waals surface area contributed by atoms with Crippen LogP contribution < -0.4 is 5.32 Å². The SMILES string of the molecule is CNCCc1cc(C)nc(C)n1. The van der Waals surface area contributed by atoms with Gasteiger partial charge in [0.2, 0.25) is 0 Å². The third kappa shape index (κ3) is 2.58. The maximum Gasteiger partial charge on any atom is 0.125 e. The van der Waals surface area contributed by atoms with Gasteiger partial charge < -0.3 is 5.32 Å². The summed E-state index contributed by atoms with van der Waals surface area (Å²) in [5.41, 5.74) is 2.17. The number of nitrogens with zero attached hydrogens (tertiary/aromatic N) is 2. The van der Waals surface area contributed by atoms with E-state index in [1.54, 1.807) is 0 Å². The molecule has 0 aliphatic carbocycles. The molecule has 0 aliphatic heterocycles. The second-order valence-electron chi connectivity index (χ2n) is 2.90. The van der Waals surface area contributed by atoms with Crippen molar-refractivity contribution < 1.29 is 0 Å². The Morgan fingerprint density at radius 2 is 2.08 bits per heavy atom. The number of aromatic nitrogens is 2. The van der Waals surface area contributed by atoms with Gasteiger partial charge in [-0.2, -0.15) is 0 Å². The molecule has 3 heteroatoms. The van der Waals surface area contributed by atoms with Crippen LogP contribution >= 0.6 is 0 Å². The number of hydrogen-bond acceptors (Lipinski definition) is 3. The van der Waals surface area contributed by atoms with E-state index < -0.39 is 0 Å². The lowest BCUT2D eigenvalue weighted by atomic mass is 10.2. The van der Waals surface area contributed by atoms with Crippen LogP contribution in [0.3, 0.4) is 0 Å². The molecule has 12 heavy (non-hydrogen) atoms. The highest BCUT2D eigenvalue weighted by molar-refractivity contribution is 5.09. The summed E-state index contributed by atoms with van der Waals surface area (Å²) in [4.78, 5) is 8.53. The Kier molecular flexibility index (Phi) is 3.17. The van der Waals surface area contributed by atoms with Gasteiger partial charge in [-0.25, -0.2) is 9.97 Å². The Bertz CT molecular complexity index is 238. The first kappa shape index (κ1) is 9.13. The van der Waals surface area contributed by atoms with Crippen LogP contribution in [0.25, 0.3) is 0 Å². The standard InChI is InChI=1S/C9H15N3/c1-7-6-9(4-5-10-3)12-8(2)11-7/h6,10H,4-5H2,1-3H3. The average Bonchev–Trinajstić information content (AvgIpc) is 1.99. The first-order chi connectivity index (χ1) is 5.72. The van der Waals surface area contributed by atoms with Gasteiger partial charge in [0, 0.05) is 24.4 Å². The maximum atomic E-state index is 4.32. The molecule has 1 N–H and O–H groups in total. The molecule has 1 heterocycles. The van der Waals surface area contributed by atoms with E-state index in [0.717, 1.165) is 30.2 Å². The van der Waals surface area contributed by atoms with E-state index >= 15 is 0 Å². The minimum Gasteiger partial charge on any atom is -0.319 e. The van der Waals surface area contributed by atoms with Crippen molar-refractivity contribution >= 4 is 0 Å². The number of likely N-dealkylation sites (N-methyl/N-ethyl adjacent to an activating group) is 1. The Hall–Kier alpha value is -0.960. The predicted molar refractivity (Wildman–Crippen MR) is 49.1 cm³/mol. The van der Waals surface area contributed by atoms with Crippen molar-refractivity contribution in [3.05, 3.63) is 23.3 Å². The predicted octanol–water partition coefficient (Wildman–Crippen LogP) is 0.855. The lowest BCUT2D eigenvalue weighted by molar-refractivity contribution is 0.766. The van der Waals surface area contributed by atoms with E-state index in [-0.39, 0.29) is 0 Å². The largest absolute Gasteiger partial charge is 0.319 e. The number of hydrogen-bond donors (Lipinski definition) is 1. The molecule has 0 spiro atoms. The van der Waals surface area contributed by atoms with Gasteiger partial charge in [-0.1, -0.05) is 0 Å². The monoisotopic (exact) mass is 165 g/mol. The highest BCUT2D eigenvalue weighted by Gasteiger charge is 1.97. The van der Waals surface area contributed by atoms with Gasteiger partial charge in [0.25, 0.3) is 0 Å². The molecule has 1 aromatic heterocycles. The Balaban J connectivity index is 2.72. The smallest absolute Gasteiger partial charge is 0.125 e. The Morgan fingerprint density at radius 3 is 2.67 bits per heavy atom. The molecule has 0 atom stereocenters. The molecule has 0 radical (unpaired) electrons. The van der Waals surface area contributed by atoms with Gasteiger partial charge in [0.1, 0.15) is 5.82 Å². The molecule has 0 fully saturated rings. The van der Waals surface area contributed by atoms with Gasteiger partial charge in [-0.15, -0.1) is 0 Å². The van der Waals surface area contributed by atoms with Crippen molar-refractivity contribution in [1.29, 1.82) is 0 Å². The molecule has 3 nitrogen and oxygen atoms in total. The summed E-state index contributed by atoms with van der Waals surface area (Å²) in [5.74, 6) is 0.862. The molecule has 0 saturated carbocycles. The van der Waals surface area contributed by atoms with E-state index in [0.29, 0.717) is 0 Å². The second-order valence-corrected chi connectivity index (χ2v) is 2.90. The van der Waals surface area contributed by atoms with E-state index in [9.17, 15) is 0 Å². The van der Waals surface area contributed by atoms with Gasteiger partial charge in [0.15, 0.2) is 0 Å². The molecular weight excluding hydrogens is 150 g/mol. The summed E-state index contributed by atoms with van der Waals surface area (Å²) < 4.78 is 0. The van der Waals surface area contributed by atoms with Crippen molar-refractivity contribution in [2.45, 2.75) is 20.3 Å². The van der Waals surface area contributed by atoms with Crippen LogP contribution in [0.15, 0.2) is 6.07 Å². The van der Waals surface area contributed by atoms with Crippen molar-refractivity contribution in [2.24, 2.45) is 0 Å². The Labute approximate surface area is 73.2 Å². The molecule has 0 aromatic carbocycles. The molecular formula is C9H15N3. The minimum atomic E-state index is 0.862. The first-order valence-corrected chi connectivity index (χ1v) is 4.18. The maximum absolute atomic E-state index is 4.32. The fourth-order valence-electron chi connectivity index (χ4n) is 1.17. The van der Waals surface area contributed by atoms with Gasteiger partial charge in [-0.3, -0.25) is 0 Å². The quantitative estimate of drug-likeness (QED) is 0.721. The van der Waals surface area contributed by atoms with Gasteiger partial charge in [0.05, 0.1) is 0 Å². The highest BCUT2D eigenvalue weighted by atomic mass is 14.9. The zero-order valence-electron chi connectivity index (χ0n) is 7.89. The molecule has 1 rings (SSSR count). The normalized spacial score (nSPS) is 10.2. The zero-order valence-corrected chi connectivity index (χ0v) is 7.89. The van der Waals surface area contributed by atoms with Gasteiger partial charge >= 0.3 is 0 Å². The fraction of sp³-hybridized carbons (Fsp3) is 0.556. The number of nitrogens with one attached hydrogen (secondary N) is 1. The molecule has 0 unspecified atom stereocenters. The lowest BCUT2D eigenvalue weighted by Gasteiger charge is -2.02. The average molecular weight is 165 g/mol. The van der Waals surface area contributed by atoms with Crippen molar-refractivity contribution in [3.8, 4) is 0 Å². The van der Waals surface area contributed by atoms with Crippen LogP contribution in [0.2, 0.25) is 0 Å². The number of aryl methyl sites for hydroxylation is 2. The summed E-state index contributed by atoms with van der Waals surface area (Å²) in [6.07, 6.45) is 0.973. The van der Waals surface area contributed by atoms with Crippen LogP contribution in [-0.4, -0.2) is 23.6 Å². The summed E-state index contributed by atoms with van der Waals surface area (Å²) in [6, 6.07) is 2.03. The van der Waals surface area contributed by atoms with Crippen molar-refractivity contribution in [1.82, 2.24) is 15.3 Å². The van der Waals surface area contributed by atoms with E-state index in [1.165, 1.54) is 0 Å². The molecule has 0 saturated heterocycles. The van der Waals surface area contributed by atoms with E-state index in [2.05, 4.69) is 15.3 Å². The molecule has 1 aromatic rings. The molecule has 0 aliphatic rings. The van der Waals surface area contributed by atoms with Crippen LogP contribution in [-0.2, 0) is 6.42 Å². The second kappa shape index (κ2) is 4.16. The number of rotatable bonds is 3. The van der Waals surface area contributed by atoms with E-state index in [4.69, 9.17) is 0 Å². The van der Waals surface area contributed by atoms with Crippen LogP contribution in [0.1, 0.15) is 17.2 Å².